The third-order valence-electron chi connectivity index (χ3n) is 3.29. The van der Waals surface area contributed by atoms with Gasteiger partial charge in [-0.1, -0.05) is 38.1 Å². The normalized spacial score (nSPS) is 10.8. The molecule has 0 aliphatic heterocycles. The Labute approximate surface area is 115 Å². The van der Waals surface area contributed by atoms with Crippen LogP contribution in [-0.2, 0) is 19.4 Å². The number of aryl methyl sites for hydroxylation is 1. The zero-order chi connectivity index (χ0) is 13.5. The van der Waals surface area contributed by atoms with E-state index in [2.05, 4.69) is 59.2 Å². The Balaban J connectivity index is 1.91. The van der Waals surface area contributed by atoms with Crippen LogP contribution < -0.4 is 5.32 Å². The number of hydrogen-bond acceptors (Lipinski definition) is 2. The minimum atomic E-state index is 0.901. The van der Waals surface area contributed by atoms with Gasteiger partial charge in [0.2, 0.25) is 0 Å². The van der Waals surface area contributed by atoms with Crippen LogP contribution in [0.5, 0.6) is 0 Å². The Kier molecular flexibility index (Phi) is 5.16. The van der Waals surface area contributed by atoms with Gasteiger partial charge < -0.3 is 9.88 Å². The number of aromatic nitrogens is 2. The van der Waals surface area contributed by atoms with Crippen molar-refractivity contribution in [2.24, 2.45) is 0 Å². The molecule has 1 heterocycles. The molecule has 0 aliphatic carbocycles. The first-order valence-electron chi connectivity index (χ1n) is 7.11. The molecule has 0 fully saturated rings. The van der Waals surface area contributed by atoms with Gasteiger partial charge >= 0.3 is 0 Å². The van der Waals surface area contributed by atoms with Crippen LogP contribution in [-0.4, -0.2) is 22.6 Å². The molecule has 3 heteroatoms. The van der Waals surface area contributed by atoms with E-state index in [1.165, 1.54) is 11.1 Å². The fourth-order valence-electron chi connectivity index (χ4n) is 2.11. The van der Waals surface area contributed by atoms with Crippen LogP contribution in [0.25, 0.3) is 0 Å². The first-order valence-corrected chi connectivity index (χ1v) is 7.11. The zero-order valence-electron chi connectivity index (χ0n) is 11.9. The van der Waals surface area contributed by atoms with Gasteiger partial charge in [0, 0.05) is 25.7 Å². The van der Waals surface area contributed by atoms with Gasteiger partial charge in [0.25, 0.3) is 0 Å². The SMILES string of the molecule is CCNCCc1cn(Cc2ccc(CC)cc2)cn1. The molecular formula is C16H23N3. The van der Waals surface area contributed by atoms with E-state index in [4.69, 9.17) is 0 Å². The number of rotatable bonds is 7. The number of benzene rings is 1. The number of nitrogens with one attached hydrogen (secondary N) is 1. The third-order valence-corrected chi connectivity index (χ3v) is 3.29. The molecule has 0 amide bonds. The smallest absolute Gasteiger partial charge is 0.0952 e. The molecule has 0 saturated heterocycles. The lowest BCUT2D eigenvalue weighted by molar-refractivity contribution is 0.708. The third kappa shape index (κ3) is 4.21. The molecule has 1 aromatic carbocycles. The van der Waals surface area contributed by atoms with Crippen molar-refractivity contribution in [3.05, 3.63) is 53.6 Å². The number of hydrogen-bond donors (Lipinski definition) is 1. The van der Waals surface area contributed by atoms with Crippen molar-refractivity contribution >= 4 is 0 Å². The summed E-state index contributed by atoms with van der Waals surface area (Å²) < 4.78 is 2.15. The van der Waals surface area contributed by atoms with Gasteiger partial charge in [-0.25, -0.2) is 4.98 Å². The van der Waals surface area contributed by atoms with Crippen molar-refractivity contribution in [2.75, 3.05) is 13.1 Å². The minimum absolute atomic E-state index is 0.901. The van der Waals surface area contributed by atoms with E-state index < -0.39 is 0 Å². The Hall–Kier alpha value is -1.61. The second-order valence-corrected chi connectivity index (χ2v) is 4.81. The van der Waals surface area contributed by atoms with Crippen molar-refractivity contribution in [1.82, 2.24) is 14.9 Å². The van der Waals surface area contributed by atoms with E-state index in [1.807, 2.05) is 6.33 Å². The maximum Gasteiger partial charge on any atom is 0.0952 e. The summed E-state index contributed by atoms with van der Waals surface area (Å²) in [4.78, 5) is 4.44. The van der Waals surface area contributed by atoms with Gasteiger partial charge in [0.05, 0.1) is 12.0 Å². The van der Waals surface area contributed by atoms with E-state index in [-0.39, 0.29) is 0 Å². The summed E-state index contributed by atoms with van der Waals surface area (Å²) in [5, 5.41) is 3.32. The van der Waals surface area contributed by atoms with Gasteiger partial charge in [-0.05, 0) is 24.1 Å². The summed E-state index contributed by atoms with van der Waals surface area (Å²) in [6.45, 7) is 7.22. The predicted octanol–water partition coefficient (Wildman–Crippen LogP) is 2.65. The lowest BCUT2D eigenvalue weighted by atomic mass is 10.1. The highest BCUT2D eigenvalue weighted by molar-refractivity contribution is 5.22. The molecule has 1 aromatic heterocycles. The van der Waals surface area contributed by atoms with Crippen molar-refractivity contribution in [1.29, 1.82) is 0 Å². The van der Waals surface area contributed by atoms with Crippen LogP contribution in [0.4, 0.5) is 0 Å². The molecule has 102 valence electrons. The van der Waals surface area contributed by atoms with Crippen LogP contribution in [0.1, 0.15) is 30.7 Å². The average molecular weight is 257 g/mol. The molecule has 0 unspecified atom stereocenters. The first-order chi connectivity index (χ1) is 9.31. The summed E-state index contributed by atoms with van der Waals surface area (Å²) in [6, 6.07) is 8.82. The monoisotopic (exact) mass is 257 g/mol. The second-order valence-electron chi connectivity index (χ2n) is 4.81. The maximum atomic E-state index is 4.44. The Morgan fingerprint density at radius 2 is 1.84 bits per heavy atom. The van der Waals surface area contributed by atoms with Crippen LogP contribution in [0, 0.1) is 0 Å². The molecule has 0 saturated carbocycles. The lowest BCUT2D eigenvalue weighted by Gasteiger charge is -2.03. The zero-order valence-corrected chi connectivity index (χ0v) is 11.9. The number of nitrogens with zero attached hydrogens (tertiary/aromatic N) is 2. The molecule has 0 atom stereocenters. The summed E-state index contributed by atoms with van der Waals surface area (Å²) in [5.74, 6) is 0. The van der Waals surface area contributed by atoms with E-state index in [9.17, 15) is 0 Å². The van der Waals surface area contributed by atoms with E-state index in [0.29, 0.717) is 0 Å². The summed E-state index contributed by atoms with van der Waals surface area (Å²) >= 11 is 0. The molecule has 19 heavy (non-hydrogen) atoms. The molecular weight excluding hydrogens is 234 g/mol. The largest absolute Gasteiger partial charge is 0.333 e. The fourth-order valence-corrected chi connectivity index (χ4v) is 2.11. The van der Waals surface area contributed by atoms with Crippen molar-refractivity contribution < 1.29 is 0 Å². The second kappa shape index (κ2) is 7.10. The molecule has 0 bridgehead atoms. The molecule has 0 spiro atoms. The first kappa shape index (κ1) is 13.8. The maximum absolute atomic E-state index is 4.44. The van der Waals surface area contributed by atoms with Crippen LogP contribution in [0.2, 0.25) is 0 Å². The van der Waals surface area contributed by atoms with Crippen LogP contribution >= 0.6 is 0 Å². The van der Waals surface area contributed by atoms with Gasteiger partial charge in [-0.15, -0.1) is 0 Å². The Bertz CT molecular complexity index is 485. The Morgan fingerprint density at radius 1 is 1.11 bits per heavy atom. The predicted molar refractivity (Wildman–Crippen MR) is 79.4 cm³/mol. The lowest BCUT2D eigenvalue weighted by Crippen LogP contribution is -2.16. The van der Waals surface area contributed by atoms with E-state index >= 15 is 0 Å². The van der Waals surface area contributed by atoms with Crippen molar-refractivity contribution in [2.45, 2.75) is 33.2 Å². The van der Waals surface area contributed by atoms with E-state index in [1.54, 1.807) is 0 Å². The summed E-state index contributed by atoms with van der Waals surface area (Å²) in [6.07, 6.45) is 6.16. The molecule has 2 rings (SSSR count). The summed E-state index contributed by atoms with van der Waals surface area (Å²) in [7, 11) is 0. The summed E-state index contributed by atoms with van der Waals surface area (Å²) in [5.41, 5.74) is 3.87. The fraction of sp³-hybridized carbons (Fsp3) is 0.438. The average Bonchev–Trinajstić information content (AvgIpc) is 2.88. The molecule has 1 N–H and O–H groups in total. The van der Waals surface area contributed by atoms with Crippen LogP contribution in [0.15, 0.2) is 36.8 Å². The van der Waals surface area contributed by atoms with Gasteiger partial charge in [0.15, 0.2) is 0 Å². The number of likely N-dealkylation sites (N-methyl/N-ethyl adjacent to an activating group) is 1. The molecule has 0 radical (unpaired) electrons. The quantitative estimate of drug-likeness (QED) is 0.773. The Morgan fingerprint density at radius 3 is 2.53 bits per heavy atom. The van der Waals surface area contributed by atoms with Crippen LogP contribution in [0.3, 0.4) is 0 Å². The van der Waals surface area contributed by atoms with Crippen molar-refractivity contribution in [3.8, 4) is 0 Å². The minimum Gasteiger partial charge on any atom is -0.333 e. The highest BCUT2D eigenvalue weighted by atomic mass is 15.0. The standard InChI is InChI=1S/C16H23N3/c1-3-14-5-7-15(8-6-14)11-19-12-16(18-13-19)9-10-17-4-2/h5-8,12-13,17H,3-4,9-11H2,1-2H3. The molecule has 3 nitrogen and oxygen atoms in total. The van der Waals surface area contributed by atoms with Gasteiger partial charge in [0.1, 0.15) is 0 Å². The van der Waals surface area contributed by atoms with Gasteiger partial charge in [-0.3, -0.25) is 0 Å². The highest BCUT2D eigenvalue weighted by Crippen LogP contribution is 2.07. The van der Waals surface area contributed by atoms with Crippen molar-refractivity contribution in [3.63, 3.8) is 0 Å². The molecule has 2 aromatic rings. The van der Waals surface area contributed by atoms with E-state index in [0.717, 1.165) is 38.2 Å². The topological polar surface area (TPSA) is 29.9 Å². The highest BCUT2D eigenvalue weighted by Gasteiger charge is 2.00. The number of imidazole rings is 1. The molecule has 0 aliphatic rings. The van der Waals surface area contributed by atoms with Gasteiger partial charge in [-0.2, -0.15) is 0 Å².